The van der Waals surface area contributed by atoms with Gasteiger partial charge in [0.1, 0.15) is 18.7 Å². The number of nitrogens with zero attached hydrogens (tertiary/aromatic N) is 2. The molecule has 1 N–H and O–H groups in total. The fraction of sp³-hybridized carbons (Fsp3) is 0.467. The monoisotopic (exact) mass is 320 g/mol. The van der Waals surface area contributed by atoms with Crippen LogP contribution < -0.4 is 9.64 Å². The largest absolute Gasteiger partial charge is 0.454 e. The number of likely N-dealkylation sites (N-methyl/N-ethyl adjacent to an activating group) is 1. The van der Waals surface area contributed by atoms with Crippen LogP contribution in [0.3, 0.4) is 0 Å². The summed E-state index contributed by atoms with van der Waals surface area (Å²) in [5, 5.41) is 23.4. The van der Waals surface area contributed by atoms with Crippen LogP contribution >= 0.6 is 0 Å². The van der Waals surface area contributed by atoms with Gasteiger partial charge in [-0.15, -0.1) is 0 Å². The number of nitrogens with one attached hydrogen (secondary N) is 1. The molecule has 1 saturated heterocycles. The Hall–Kier alpha value is -2.48. The smallest absolute Gasteiger partial charge is 0.332 e. The van der Waals surface area contributed by atoms with Gasteiger partial charge in [0.05, 0.1) is 7.05 Å². The summed E-state index contributed by atoms with van der Waals surface area (Å²) in [6.07, 6.45) is 1.56. The Balaban J connectivity index is 2.04. The number of piperidine rings is 1. The SMILES string of the molecule is C[NH+]1C[C@]2([N+](=O)[O-])CC=C(Oc3ccccc3)[C@]([N+](=O)[O-])(C1)C2. The van der Waals surface area contributed by atoms with Crippen LogP contribution in [0.25, 0.3) is 0 Å². The maximum atomic E-state index is 11.8. The fourth-order valence-corrected chi connectivity index (χ4v) is 3.76. The van der Waals surface area contributed by atoms with Crippen LogP contribution in [0.4, 0.5) is 0 Å². The second-order valence-electron chi connectivity index (χ2n) is 6.45. The lowest BCUT2D eigenvalue weighted by atomic mass is 9.71. The predicted molar refractivity (Wildman–Crippen MR) is 80.5 cm³/mol. The van der Waals surface area contributed by atoms with Crippen molar-refractivity contribution in [3.8, 4) is 5.75 Å². The molecule has 23 heavy (non-hydrogen) atoms. The lowest BCUT2D eigenvalue weighted by molar-refractivity contribution is -0.927. The standard InChI is InChI=1S/C15H17N3O5/c1-16-10-14(17(19)20)8-7-13(15(9-14,11-16)18(21)22)23-12-5-3-2-4-6-12/h2-7H,8-11H2,1H3/p+1/t14-,15+/m0/s1. The Morgan fingerprint density at radius 1 is 1.13 bits per heavy atom. The second kappa shape index (κ2) is 5.31. The van der Waals surface area contributed by atoms with Gasteiger partial charge in [0, 0.05) is 16.3 Å². The van der Waals surface area contributed by atoms with Crippen molar-refractivity contribution in [3.63, 3.8) is 0 Å². The van der Waals surface area contributed by atoms with Crippen LogP contribution in [-0.4, -0.2) is 41.1 Å². The van der Waals surface area contributed by atoms with Gasteiger partial charge in [-0.2, -0.15) is 0 Å². The van der Waals surface area contributed by atoms with E-state index in [1.54, 1.807) is 31.3 Å². The van der Waals surface area contributed by atoms with E-state index in [4.69, 9.17) is 4.74 Å². The molecule has 2 bridgehead atoms. The maximum Gasteiger partial charge on any atom is 0.332 e. The first kappa shape index (κ1) is 15.4. The quantitative estimate of drug-likeness (QED) is 0.635. The normalized spacial score (nSPS) is 32.7. The summed E-state index contributed by atoms with van der Waals surface area (Å²) in [7, 11) is 1.75. The summed E-state index contributed by atoms with van der Waals surface area (Å²) in [4.78, 5) is 23.4. The molecule has 8 nitrogen and oxygen atoms in total. The molecule has 1 heterocycles. The Morgan fingerprint density at radius 2 is 1.83 bits per heavy atom. The molecule has 1 aliphatic heterocycles. The molecule has 2 aliphatic rings. The van der Waals surface area contributed by atoms with Crippen molar-refractivity contribution in [3.05, 3.63) is 62.4 Å². The van der Waals surface area contributed by atoms with Gasteiger partial charge in [-0.1, -0.05) is 18.2 Å². The van der Waals surface area contributed by atoms with Gasteiger partial charge in [0.25, 0.3) is 5.54 Å². The molecule has 1 aliphatic carbocycles. The van der Waals surface area contributed by atoms with E-state index in [-0.39, 0.29) is 36.6 Å². The van der Waals surface area contributed by atoms with E-state index in [9.17, 15) is 20.2 Å². The maximum absolute atomic E-state index is 11.8. The summed E-state index contributed by atoms with van der Waals surface area (Å²) >= 11 is 0. The van der Waals surface area contributed by atoms with Crippen LogP contribution in [0.2, 0.25) is 0 Å². The molecule has 0 aromatic heterocycles. The van der Waals surface area contributed by atoms with Crippen molar-refractivity contribution in [1.82, 2.24) is 0 Å². The minimum Gasteiger partial charge on any atom is -0.454 e. The molecule has 1 aromatic carbocycles. The molecule has 8 heteroatoms. The van der Waals surface area contributed by atoms with Crippen LogP contribution in [0.15, 0.2) is 42.2 Å². The lowest BCUT2D eigenvalue weighted by Gasteiger charge is -2.42. The number of hydrogen-bond acceptors (Lipinski definition) is 5. The van der Waals surface area contributed by atoms with Crippen LogP contribution in [-0.2, 0) is 0 Å². The highest BCUT2D eigenvalue weighted by Crippen LogP contribution is 2.41. The molecular weight excluding hydrogens is 302 g/mol. The highest BCUT2D eigenvalue weighted by molar-refractivity contribution is 5.28. The third kappa shape index (κ3) is 2.44. The molecule has 1 aromatic rings. The molecule has 3 rings (SSSR count). The first-order valence-corrected chi connectivity index (χ1v) is 7.42. The lowest BCUT2D eigenvalue weighted by Crippen LogP contribution is -3.16. The number of ether oxygens (including phenoxy) is 1. The van der Waals surface area contributed by atoms with Crippen LogP contribution in [0.5, 0.6) is 5.75 Å². The van der Waals surface area contributed by atoms with Gasteiger partial charge in [-0.05, 0) is 18.2 Å². The number of para-hydroxylation sites is 1. The summed E-state index contributed by atoms with van der Waals surface area (Å²) in [5.41, 5.74) is -2.84. The van der Waals surface area contributed by atoms with Crippen LogP contribution in [0, 0.1) is 20.2 Å². The number of hydrogen-bond donors (Lipinski definition) is 1. The van der Waals surface area contributed by atoms with Gasteiger partial charge in [-0.3, -0.25) is 20.2 Å². The molecule has 0 spiro atoms. The van der Waals surface area contributed by atoms with E-state index >= 15 is 0 Å². The minimum atomic E-state index is -1.55. The van der Waals surface area contributed by atoms with Gasteiger partial charge in [-0.25, -0.2) is 0 Å². The summed E-state index contributed by atoms with van der Waals surface area (Å²) in [5.74, 6) is 0.710. The zero-order valence-electron chi connectivity index (χ0n) is 12.7. The number of benzene rings is 1. The van der Waals surface area contributed by atoms with Gasteiger partial charge in [0.15, 0.2) is 12.3 Å². The Bertz CT molecular complexity index is 677. The summed E-state index contributed by atoms with van der Waals surface area (Å²) in [6, 6.07) is 8.79. The Labute approximate surface area is 132 Å². The van der Waals surface area contributed by atoms with Gasteiger partial charge in [0.2, 0.25) is 0 Å². The number of rotatable bonds is 4. The van der Waals surface area contributed by atoms with E-state index in [1.165, 1.54) is 6.08 Å². The van der Waals surface area contributed by atoms with Gasteiger partial charge >= 0.3 is 5.54 Å². The predicted octanol–water partition coefficient (Wildman–Crippen LogP) is 0.302. The van der Waals surface area contributed by atoms with Crippen molar-refractivity contribution >= 4 is 0 Å². The van der Waals surface area contributed by atoms with Crippen molar-refractivity contribution in [2.24, 2.45) is 0 Å². The molecule has 1 unspecified atom stereocenters. The minimum absolute atomic E-state index is 0.129. The van der Waals surface area contributed by atoms with E-state index in [2.05, 4.69) is 0 Å². The number of nitro groups is 2. The first-order chi connectivity index (χ1) is 10.9. The second-order valence-corrected chi connectivity index (χ2v) is 6.45. The van der Waals surface area contributed by atoms with Gasteiger partial charge < -0.3 is 9.64 Å². The number of fused-ring (bicyclic) bond motifs is 2. The van der Waals surface area contributed by atoms with Crippen molar-refractivity contribution < 1.29 is 19.5 Å². The molecule has 0 amide bonds. The molecule has 122 valence electrons. The first-order valence-electron chi connectivity index (χ1n) is 7.42. The zero-order valence-corrected chi connectivity index (χ0v) is 12.7. The molecule has 0 saturated carbocycles. The third-order valence-corrected chi connectivity index (χ3v) is 4.68. The molecule has 0 radical (unpaired) electrons. The average Bonchev–Trinajstić information content (AvgIpc) is 2.50. The van der Waals surface area contributed by atoms with E-state index in [1.807, 2.05) is 6.07 Å². The molecule has 1 fully saturated rings. The molecule has 3 atom stereocenters. The highest BCUT2D eigenvalue weighted by atomic mass is 16.6. The van der Waals surface area contributed by atoms with Crippen molar-refractivity contribution in [2.75, 3.05) is 20.1 Å². The highest BCUT2D eigenvalue weighted by Gasteiger charge is 2.69. The fourth-order valence-electron chi connectivity index (χ4n) is 3.76. The Kier molecular flexibility index (Phi) is 3.56. The number of likely N-dealkylation sites (tertiary alicyclic amines) is 1. The van der Waals surface area contributed by atoms with E-state index in [0.29, 0.717) is 5.75 Å². The van der Waals surface area contributed by atoms with E-state index < -0.39 is 16.0 Å². The Morgan fingerprint density at radius 3 is 2.43 bits per heavy atom. The van der Waals surface area contributed by atoms with Crippen molar-refractivity contribution in [1.29, 1.82) is 0 Å². The van der Waals surface area contributed by atoms with Crippen LogP contribution in [0.1, 0.15) is 12.8 Å². The topological polar surface area (TPSA) is 100.0 Å². The summed E-state index contributed by atoms with van der Waals surface area (Å²) < 4.78 is 5.76. The zero-order chi connectivity index (χ0) is 16.7. The number of quaternary nitrogens is 1. The average molecular weight is 320 g/mol. The molecular formula is C15H18N3O5+. The summed E-state index contributed by atoms with van der Waals surface area (Å²) in [6.45, 7) is 0.457. The third-order valence-electron chi connectivity index (χ3n) is 4.68. The van der Waals surface area contributed by atoms with Crippen molar-refractivity contribution in [2.45, 2.75) is 23.9 Å². The van der Waals surface area contributed by atoms with E-state index in [0.717, 1.165) is 4.90 Å².